The Morgan fingerprint density at radius 3 is 2.50 bits per heavy atom. The largest absolute Gasteiger partial charge is 0.340 e. The fourth-order valence-corrected chi connectivity index (χ4v) is 5.35. The van der Waals surface area contributed by atoms with E-state index in [0.29, 0.717) is 0 Å². The summed E-state index contributed by atoms with van der Waals surface area (Å²) in [5, 5.41) is 6.79. The van der Waals surface area contributed by atoms with Gasteiger partial charge in [0.1, 0.15) is 0 Å². The van der Waals surface area contributed by atoms with Gasteiger partial charge in [0.2, 0.25) is 10.0 Å². The Kier molecular flexibility index (Phi) is 4.38. The molecule has 2 N–H and O–H groups in total. The van der Waals surface area contributed by atoms with Crippen LogP contribution in [0, 0.1) is 6.92 Å². The summed E-state index contributed by atoms with van der Waals surface area (Å²) in [6.07, 6.45) is 6.36. The molecule has 150 valence electrons. The third kappa shape index (κ3) is 3.07. The Morgan fingerprint density at radius 1 is 0.900 bits per heavy atom. The number of para-hydroxylation sites is 1. The summed E-state index contributed by atoms with van der Waals surface area (Å²) in [7, 11) is -3.87. The van der Waals surface area contributed by atoms with Gasteiger partial charge in [-0.05, 0) is 47.2 Å². The van der Waals surface area contributed by atoms with Crippen LogP contribution in [0.1, 0.15) is 34.2 Å². The van der Waals surface area contributed by atoms with E-state index in [4.69, 9.17) is 5.14 Å². The number of fused-ring (bicyclic) bond motifs is 2. The standard InChI is InChI=1S/C25H22N2O2S/c1-17-10-13-24(30(26,28)29)21(16-17)25-20-8-4-2-6-18(20)11-12-23(25)27-15-14-19-7-3-5-9-22(19)27/h2-16,23,25H,1H3,(H2,26,28,29)/t23-,25+/m0/s1. The van der Waals surface area contributed by atoms with E-state index >= 15 is 0 Å². The predicted octanol–water partition coefficient (Wildman–Crippen LogP) is 5.00. The average Bonchev–Trinajstić information content (AvgIpc) is 3.16. The van der Waals surface area contributed by atoms with Gasteiger partial charge in [-0.15, -0.1) is 0 Å². The summed E-state index contributed by atoms with van der Waals surface area (Å²) in [4.78, 5) is 0.185. The van der Waals surface area contributed by atoms with Crippen molar-refractivity contribution in [1.82, 2.24) is 4.57 Å². The van der Waals surface area contributed by atoms with Gasteiger partial charge in [-0.25, -0.2) is 13.6 Å². The second-order valence-electron chi connectivity index (χ2n) is 7.82. The number of benzene rings is 3. The Morgan fingerprint density at radius 2 is 1.67 bits per heavy atom. The monoisotopic (exact) mass is 414 g/mol. The lowest BCUT2D eigenvalue weighted by molar-refractivity contribution is 0.540. The molecule has 0 radical (unpaired) electrons. The number of hydrogen-bond acceptors (Lipinski definition) is 2. The van der Waals surface area contributed by atoms with Crippen LogP contribution in [0.15, 0.2) is 90.0 Å². The summed E-state index contributed by atoms with van der Waals surface area (Å²) >= 11 is 0. The highest BCUT2D eigenvalue weighted by atomic mass is 32.2. The minimum Gasteiger partial charge on any atom is -0.340 e. The number of rotatable bonds is 3. The van der Waals surface area contributed by atoms with Crippen LogP contribution in [-0.4, -0.2) is 13.0 Å². The molecule has 1 aromatic heterocycles. The Bertz CT molecular complexity index is 1400. The quantitative estimate of drug-likeness (QED) is 0.513. The molecule has 1 aliphatic carbocycles. The maximum atomic E-state index is 12.5. The van der Waals surface area contributed by atoms with Crippen LogP contribution in [0.2, 0.25) is 0 Å². The lowest BCUT2D eigenvalue weighted by atomic mass is 9.78. The molecule has 4 aromatic rings. The van der Waals surface area contributed by atoms with Crippen molar-refractivity contribution in [3.8, 4) is 0 Å². The zero-order chi connectivity index (χ0) is 20.9. The summed E-state index contributed by atoms with van der Waals surface area (Å²) in [5.41, 5.74) is 5.04. The molecule has 1 aliphatic rings. The first-order valence-electron chi connectivity index (χ1n) is 9.89. The number of nitrogens with two attached hydrogens (primary N) is 1. The number of allylic oxidation sites excluding steroid dienone is 1. The first kappa shape index (κ1) is 18.9. The normalized spacial score (nSPS) is 18.5. The summed E-state index contributed by atoms with van der Waals surface area (Å²) in [6, 6.07) is 23.8. The molecule has 30 heavy (non-hydrogen) atoms. The van der Waals surface area contributed by atoms with Crippen molar-refractivity contribution in [2.75, 3.05) is 0 Å². The molecule has 0 aliphatic heterocycles. The van der Waals surface area contributed by atoms with Gasteiger partial charge in [-0.2, -0.15) is 0 Å². The second kappa shape index (κ2) is 6.97. The molecule has 0 unspecified atom stereocenters. The molecular weight excluding hydrogens is 392 g/mol. The number of hydrogen-bond donors (Lipinski definition) is 1. The van der Waals surface area contributed by atoms with E-state index in [1.807, 2.05) is 37.3 Å². The first-order valence-corrected chi connectivity index (χ1v) is 11.4. The highest BCUT2D eigenvalue weighted by molar-refractivity contribution is 7.89. The van der Waals surface area contributed by atoms with Crippen molar-refractivity contribution < 1.29 is 8.42 Å². The number of aryl methyl sites for hydroxylation is 1. The minimum atomic E-state index is -3.87. The molecule has 1 heterocycles. The lowest BCUT2D eigenvalue weighted by Crippen LogP contribution is -2.24. The van der Waals surface area contributed by atoms with E-state index in [2.05, 4.69) is 53.2 Å². The Hall–Kier alpha value is -3.15. The molecule has 4 nitrogen and oxygen atoms in total. The van der Waals surface area contributed by atoms with Crippen molar-refractivity contribution in [2.24, 2.45) is 5.14 Å². The van der Waals surface area contributed by atoms with E-state index < -0.39 is 10.0 Å². The van der Waals surface area contributed by atoms with Crippen molar-refractivity contribution in [2.45, 2.75) is 23.8 Å². The summed E-state index contributed by atoms with van der Waals surface area (Å²) in [6.45, 7) is 1.97. The van der Waals surface area contributed by atoms with Crippen LogP contribution >= 0.6 is 0 Å². The fourth-order valence-electron chi connectivity index (χ4n) is 4.58. The average molecular weight is 415 g/mol. The van der Waals surface area contributed by atoms with Gasteiger partial charge in [0.05, 0.1) is 10.9 Å². The zero-order valence-electron chi connectivity index (χ0n) is 16.6. The SMILES string of the molecule is Cc1ccc(S(N)(=O)=O)c([C@H]2c3ccccc3C=C[C@@H]2n2ccc3ccccc32)c1. The highest BCUT2D eigenvalue weighted by Crippen LogP contribution is 2.45. The van der Waals surface area contributed by atoms with Crippen LogP contribution in [0.4, 0.5) is 0 Å². The first-order chi connectivity index (χ1) is 14.4. The summed E-state index contributed by atoms with van der Waals surface area (Å²) in [5.74, 6) is -0.185. The van der Waals surface area contributed by atoms with Crippen molar-refractivity contribution in [1.29, 1.82) is 0 Å². The number of primary sulfonamides is 1. The molecule has 2 atom stereocenters. The number of sulfonamides is 1. The fraction of sp³-hybridized carbons (Fsp3) is 0.120. The van der Waals surface area contributed by atoms with Crippen LogP contribution in [0.5, 0.6) is 0 Å². The van der Waals surface area contributed by atoms with Gasteiger partial charge >= 0.3 is 0 Å². The number of nitrogens with zero attached hydrogens (tertiary/aromatic N) is 1. The Labute approximate surface area is 176 Å². The summed E-state index contributed by atoms with van der Waals surface area (Å²) < 4.78 is 27.2. The topological polar surface area (TPSA) is 65.1 Å². The van der Waals surface area contributed by atoms with E-state index in [0.717, 1.165) is 33.2 Å². The van der Waals surface area contributed by atoms with Gasteiger partial charge < -0.3 is 4.57 Å². The third-order valence-corrected chi connectivity index (χ3v) is 6.89. The van der Waals surface area contributed by atoms with Gasteiger partial charge in [-0.3, -0.25) is 0 Å². The van der Waals surface area contributed by atoms with Crippen molar-refractivity contribution >= 4 is 27.0 Å². The van der Waals surface area contributed by atoms with E-state index in [1.54, 1.807) is 12.1 Å². The maximum Gasteiger partial charge on any atom is 0.238 e. The van der Waals surface area contributed by atoms with Crippen LogP contribution < -0.4 is 5.14 Å². The second-order valence-corrected chi connectivity index (χ2v) is 9.35. The van der Waals surface area contributed by atoms with Crippen LogP contribution in [0.25, 0.3) is 17.0 Å². The van der Waals surface area contributed by atoms with Gasteiger partial charge in [0.25, 0.3) is 0 Å². The van der Waals surface area contributed by atoms with Gasteiger partial charge in [0.15, 0.2) is 0 Å². The van der Waals surface area contributed by atoms with Crippen molar-refractivity contribution in [3.05, 3.63) is 107 Å². The smallest absolute Gasteiger partial charge is 0.238 e. The molecule has 0 saturated heterocycles. The zero-order valence-corrected chi connectivity index (χ0v) is 17.4. The minimum absolute atomic E-state index is 0.0814. The third-order valence-electron chi connectivity index (χ3n) is 5.90. The van der Waals surface area contributed by atoms with Crippen LogP contribution in [0.3, 0.4) is 0 Å². The van der Waals surface area contributed by atoms with E-state index in [9.17, 15) is 8.42 Å². The molecule has 3 aromatic carbocycles. The molecule has 0 saturated carbocycles. The molecule has 0 fully saturated rings. The molecule has 0 spiro atoms. The molecule has 0 amide bonds. The molecule has 5 rings (SSSR count). The van der Waals surface area contributed by atoms with Gasteiger partial charge in [-0.1, -0.05) is 72.3 Å². The Balaban J connectivity index is 1.81. The van der Waals surface area contributed by atoms with Gasteiger partial charge in [0, 0.05) is 17.6 Å². The molecular formula is C25H22N2O2S. The molecule has 0 bridgehead atoms. The number of aromatic nitrogens is 1. The van der Waals surface area contributed by atoms with E-state index in [-0.39, 0.29) is 16.9 Å². The lowest BCUT2D eigenvalue weighted by Gasteiger charge is -2.33. The maximum absolute atomic E-state index is 12.5. The van der Waals surface area contributed by atoms with Crippen LogP contribution in [-0.2, 0) is 10.0 Å². The highest BCUT2D eigenvalue weighted by Gasteiger charge is 2.33. The molecule has 5 heteroatoms. The predicted molar refractivity (Wildman–Crippen MR) is 121 cm³/mol. The van der Waals surface area contributed by atoms with Crippen molar-refractivity contribution in [3.63, 3.8) is 0 Å². The van der Waals surface area contributed by atoms with E-state index in [1.165, 1.54) is 0 Å².